The van der Waals surface area contributed by atoms with E-state index in [0.29, 0.717) is 0 Å². The molecule has 0 fully saturated rings. The fourth-order valence-electron chi connectivity index (χ4n) is 2.74. The zero-order chi connectivity index (χ0) is 20.0. The highest BCUT2D eigenvalue weighted by Gasteiger charge is 2.14. The molecule has 6 heteroatoms. The van der Waals surface area contributed by atoms with Gasteiger partial charge in [0.2, 0.25) is 11.8 Å². The minimum atomic E-state index is -0.313. The van der Waals surface area contributed by atoms with Gasteiger partial charge >= 0.3 is 0 Å². The first-order valence-electron chi connectivity index (χ1n) is 8.85. The van der Waals surface area contributed by atoms with E-state index in [1.54, 1.807) is 24.1 Å². The molecule has 2 N–H and O–H groups in total. The van der Waals surface area contributed by atoms with Crippen molar-refractivity contribution in [3.63, 3.8) is 0 Å². The van der Waals surface area contributed by atoms with Crippen LogP contribution >= 0.6 is 0 Å². The third kappa shape index (κ3) is 6.18. The van der Waals surface area contributed by atoms with Crippen molar-refractivity contribution in [1.82, 2.24) is 10.2 Å². The van der Waals surface area contributed by atoms with Crippen molar-refractivity contribution in [2.75, 3.05) is 25.5 Å². The van der Waals surface area contributed by atoms with Gasteiger partial charge in [-0.15, -0.1) is 0 Å². The number of hydrogen-bond acceptors (Lipinski definition) is 3. The summed E-state index contributed by atoms with van der Waals surface area (Å²) in [5.74, 6) is -0.689. The molecular weight excluding hydrogens is 345 g/mol. The van der Waals surface area contributed by atoms with Crippen LogP contribution in [0.25, 0.3) is 0 Å². The number of carbonyl (C=O) groups is 2. The van der Waals surface area contributed by atoms with E-state index in [9.17, 15) is 14.0 Å². The van der Waals surface area contributed by atoms with Gasteiger partial charge in [0, 0.05) is 5.69 Å². The first-order valence-corrected chi connectivity index (χ1v) is 8.85. The quantitative estimate of drug-likeness (QED) is 0.786. The van der Waals surface area contributed by atoms with Crippen LogP contribution in [0.4, 0.5) is 10.1 Å². The Balaban J connectivity index is 1.82. The first-order chi connectivity index (χ1) is 12.8. The van der Waals surface area contributed by atoms with E-state index in [2.05, 4.69) is 10.6 Å². The van der Waals surface area contributed by atoms with Gasteiger partial charge in [-0.05, 0) is 62.7 Å². The maximum Gasteiger partial charge on any atom is 0.238 e. The number of rotatable bonds is 7. The zero-order valence-corrected chi connectivity index (χ0v) is 16.2. The van der Waals surface area contributed by atoms with E-state index in [1.807, 2.05) is 39.0 Å². The number of hydrogen-bond donors (Lipinski definition) is 2. The molecule has 0 bridgehead atoms. The average Bonchev–Trinajstić information content (AvgIpc) is 2.59. The second-order valence-corrected chi connectivity index (χ2v) is 6.81. The van der Waals surface area contributed by atoms with Crippen molar-refractivity contribution in [2.45, 2.75) is 26.8 Å². The van der Waals surface area contributed by atoms with Crippen LogP contribution in [0, 0.1) is 19.7 Å². The van der Waals surface area contributed by atoms with Crippen molar-refractivity contribution < 1.29 is 14.0 Å². The molecule has 144 valence electrons. The predicted octanol–water partition coefficient (Wildman–Crippen LogP) is 3.19. The van der Waals surface area contributed by atoms with Crippen LogP contribution in [0.15, 0.2) is 42.5 Å². The number of halogens is 1. The summed E-state index contributed by atoms with van der Waals surface area (Å²) < 4.78 is 13.0. The summed E-state index contributed by atoms with van der Waals surface area (Å²) in [6.45, 7) is 5.97. The number of likely N-dealkylation sites (N-methyl/N-ethyl adjacent to an activating group) is 1. The number of anilines is 1. The molecule has 0 heterocycles. The maximum absolute atomic E-state index is 13.0. The lowest BCUT2D eigenvalue weighted by molar-refractivity contribution is -0.123. The highest BCUT2D eigenvalue weighted by Crippen LogP contribution is 2.17. The number of aryl methyl sites for hydroxylation is 1. The Bertz CT molecular complexity index is 806. The molecule has 0 radical (unpaired) electrons. The molecule has 1 atom stereocenters. The molecule has 0 spiro atoms. The summed E-state index contributed by atoms with van der Waals surface area (Å²) in [7, 11) is 1.71. The smallest absolute Gasteiger partial charge is 0.238 e. The van der Waals surface area contributed by atoms with Crippen molar-refractivity contribution in [2.24, 2.45) is 0 Å². The summed E-state index contributed by atoms with van der Waals surface area (Å²) in [5, 5.41) is 5.73. The van der Waals surface area contributed by atoms with Crippen molar-refractivity contribution in [3.05, 3.63) is 65.0 Å². The number of benzene rings is 2. The van der Waals surface area contributed by atoms with Gasteiger partial charge in [0.25, 0.3) is 0 Å². The normalized spacial score (nSPS) is 11.9. The molecule has 0 aliphatic rings. The average molecular weight is 371 g/mol. The minimum Gasteiger partial charge on any atom is -0.348 e. The highest BCUT2D eigenvalue weighted by molar-refractivity contribution is 5.93. The van der Waals surface area contributed by atoms with Gasteiger partial charge in [-0.3, -0.25) is 14.5 Å². The van der Waals surface area contributed by atoms with Gasteiger partial charge in [0.1, 0.15) is 5.82 Å². The standard InChI is InChI=1S/C21H26FN3O2/c1-14-6-5-7-19(15(14)2)24-21(27)13-25(4)12-20(26)23-16(3)17-8-10-18(22)11-9-17/h5-11,16H,12-13H2,1-4H3,(H,23,26)(H,24,27). The van der Waals surface area contributed by atoms with Crippen LogP contribution < -0.4 is 10.6 Å². The van der Waals surface area contributed by atoms with E-state index in [0.717, 1.165) is 22.4 Å². The van der Waals surface area contributed by atoms with E-state index in [1.165, 1.54) is 12.1 Å². The lowest BCUT2D eigenvalue weighted by atomic mass is 10.1. The first kappa shape index (κ1) is 20.6. The van der Waals surface area contributed by atoms with Gasteiger partial charge in [-0.25, -0.2) is 4.39 Å². The van der Waals surface area contributed by atoms with Crippen LogP contribution in [0.2, 0.25) is 0 Å². The molecule has 5 nitrogen and oxygen atoms in total. The summed E-state index contributed by atoms with van der Waals surface area (Å²) >= 11 is 0. The molecule has 0 aliphatic carbocycles. The summed E-state index contributed by atoms with van der Waals surface area (Å²) in [4.78, 5) is 26.1. The molecule has 0 aliphatic heterocycles. The van der Waals surface area contributed by atoms with E-state index in [4.69, 9.17) is 0 Å². The van der Waals surface area contributed by atoms with Crippen LogP contribution in [0.3, 0.4) is 0 Å². The van der Waals surface area contributed by atoms with Crippen LogP contribution in [0.5, 0.6) is 0 Å². The number of nitrogens with zero attached hydrogens (tertiary/aromatic N) is 1. The molecule has 0 saturated heterocycles. The Morgan fingerprint density at radius 1 is 1.04 bits per heavy atom. The number of carbonyl (C=O) groups excluding carboxylic acids is 2. The third-order valence-corrected chi connectivity index (χ3v) is 4.45. The zero-order valence-electron chi connectivity index (χ0n) is 16.2. The lowest BCUT2D eigenvalue weighted by Gasteiger charge is -2.19. The Labute approximate surface area is 159 Å². The SMILES string of the molecule is Cc1cccc(NC(=O)CN(C)CC(=O)NC(C)c2ccc(F)cc2)c1C. The number of amides is 2. The van der Waals surface area contributed by atoms with Crippen LogP contribution in [0.1, 0.15) is 29.7 Å². The number of nitrogens with one attached hydrogen (secondary N) is 2. The molecule has 2 aromatic rings. The van der Waals surface area contributed by atoms with Crippen molar-refractivity contribution in [3.8, 4) is 0 Å². The topological polar surface area (TPSA) is 61.4 Å². The van der Waals surface area contributed by atoms with Gasteiger partial charge in [-0.1, -0.05) is 24.3 Å². The largest absolute Gasteiger partial charge is 0.348 e. The second kappa shape index (κ2) is 9.28. The van der Waals surface area contributed by atoms with Gasteiger partial charge in [0.15, 0.2) is 0 Å². The fraction of sp³-hybridized carbons (Fsp3) is 0.333. The molecule has 0 aromatic heterocycles. The highest BCUT2D eigenvalue weighted by atomic mass is 19.1. The molecule has 2 aromatic carbocycles. The van der Waals surface area contributed by atoms with E-state index in [-0.39, 0.29) is 36.8 Å². The Hall–Kier alpha value is -2.73. The van der Waals surface area contributed by atoms with E-state index < -0.39 is 0 Å². The summed E-state index contributed by atoms with van der Waals surface area (Å²) in [6, 6.07) is 11.5. The van der Waals surface area contributed by atoms with Crippen LogP contribution in [-0.2, 0) is 9.59 Å². The van der Waals surface area contributed by atoms with E-state index >= 15 is 0 Å². The monoisotopic (exact) mass is 371 g/mol. The third-order valence-electron chi connectivity index (χ3n) is 4.45. The molecule has 2 amide bonds. The molecule has 1 unspecified atom stereocenters. The molecule has 2 rings (SSSR count). The summed E-state index contributed by atoms with van der Waals surface area (Å²) in [6.07, 6.45) is 0. The van der Waals surface area contributed by atoms with Gasteiger partial charge in [-0.2, -0.15) is 0 Å². The van der Waals surface area contributed by atoms with Gasteiger partial charge < -0.3 is 10.6 Å². The fourth-order valence-corrected chi connectivity index (χ4v) is 2.74. The van der Waals surface area contributed by atoms with Crippen molar-refractivity contribution >= 4 is 17.5 Å². The molecule has 27 heavy (non-hydrogen) atoms. The minimum absolute atomic E-state index is 0.0890. The Kier molecular flexibility index (Phi) is 7.07. The molecular formula is C21H26FN3O2. The second-order valence-electron chi connectivity index (χ2n) is 6.81. The van der Waals surface area contributed by atoms with Crippen molar-refractivity contribution in [1.29, 1.82) is 0 Å². The van der Waals surface area contributed by atoms with Crippen LogP contribution in [-0.4, -0.2) is 36.9 Å². The predicted molar refractivity (Wildman–Crippen MR) is 105 cm³/mol. The maximum atomic E-state index is 13.0. The lowest BCUT2D eigenvalue weighted by Crippen LogP contribution is -2.39. The molecule has 0 saturated carbocycles. The summed E-state index contributed by atoms with van der Waals surface area (Å²) in [5.41, 5.74) is 3.73. The van der Waals surface area contributed by atoms with Gasteiger partial charge in [0.05, 0.1) is 19.1 Å². The Morgan fingerprint density at radius 2 is 1.67 bits per heavy atom. The Morgan fingerprint density at radius 3 is 2.33 bits per heavy atom.